The van der Waals surface area contributed by atoms with E-state index in [1.165, 1.54) is 11.3 Å². The van der Waals surface area contributed by atoms with Crippen molar-refractivity contribution >= 4 is 33.1 Å². The van der Waals surface area contributed by atoms with E-state index >= 15 is 0 Å². The lowest BCUT2D eigenvalue weighted by molar-refractivity contribution is 0.103. The average molecular weight is 353 g/mol. The normalized spacial score (nSPS) is 11.2. The molecule has 0 aliphatic heterocycles. The SMILES string of the molecule is Cc1nn(C)c2sc(C(=O)Nc3cccc(-c4nnnn4C)c3)cc12. The maximum Gasteiger partial charge on any atom is 0.265 e. The molecule has 9 heteroatoms. The number of amides is 1. The number of aromatic nitrogens is 6. The van der Waals surface area contributed by atoms with E-state index in [4.69, 9.17) is 0 Å². The number of rotatable bonds is 3. The third-order valence-corrected chi connectivity index (χ3v) is 5.12. The van der Waals surface area contributed by atoms with Crippen molar-refractivity contribution in [3.63, 3.8) is 0 Å². The van der Waals surface area contributed by atoms with Crippen LogP contribution in [-0.2, 0) is 14.1 Å². The van der Waals surface area contributed by atoms with E-state index in [9.17, 15) is 4.79 Å². The molecule has 8 nitrogen and oxygen atoms in total. The maximum absolute atomic E-state index is 12.6. The minimum Gasteiger partial charge on any atom is -0.321 e. The minimum absolute atomic E-state index is 0.145. The molecule has 0 aliphatic rings. The quantitative estimate of drug-likeness (QED) is 0.611. The first-order valence-corrected chi connectivity index (χ1v) is 8.42. The Labute approximate surface area is 147 Å². The van der Waals surface area contributed by atoms with Crippen molar-refractivity contribution < 1.29 is 4.79 Å². The number of fused-ring (bicyclic) bond motifs is 1. The molecule has 3 aromatic heterocycles. The maximum atomic E-state index is 12.6. The number of nitrogens with one attached hydrogen (secondary N) is 1. The summed E-state index contributed by atoms with van der Waals surface area (Å²) >= 11 is 1.43. The molecule has 3 heterocycles. The summed E-state index contributed by atoms with van der Waals surface area (Å²) in [5.41, 5.74) is 2.45. The summed E-state index contributed by atoms with van der Waals surface area (Å²) in [7, 11) is 3.65. The van der Waals surface area contributed by atoms with E-state index in [-0.39, 0.29) is 5.91 Å². The van der Waals surface area contributed by atoms with Crippen molar-refractivity contribution in [2.45, 2.75) is 6.92 Å². The fourth-order valence-electron chi connectivity index (χ4n) is 2.72. The van der Waals surface area contributed by atoms with Gasteiger partial charge >= 0.3 is 0 Å². The number of carbonyl (C=O) groups excluding carboxylic acids is 1. The van der Waals surface area contributed by atoms with Gasteiger partial charge in [0.25, 0.3) is 5.91 Å². The summed E-state index contributed by atoms with van der Waals surface area (Å²) in [6.45, 7) is 1.94. The average Bonchev–Trinajstić information content (AvgIpc) is 3.26. The number of thiophene rings is 1. The van der Waals surface area contributed by atoms with Crippen molar-refractivity contribution in [1.29, 1.82) is 0 Å². The van der Waals surface area contributed by atoms with Crippen molar-refractivity contribution in [3.8, 4) is 11.4 Å². The van der Waals surface area contributed by atoms with E-state index in [0.29, 0.717) is 16.4 Å². The molecule has 1 amide bonds. The molecule has 0 saturated heterocycles. The Balaban J connectivity index is 1.62. The van der Waals surface area contributed by atoms with Crippen molar-refractivity contribution in [1.82, 2.24) is 30.0 Å². The van der Waals surface area contributed by atoms with Gasteiger partial charge in [-0.3, -0.25) is 9.48 Å². The van der Waals surface area contributed by atoms with Gasteiger partial charge in [-0.2, -0.15) is 5.10 Å². The van der Waals surface area contributed by atoms with Crippen LogP contribution in [0, 0.1) is 6.92 Å². The topological polar surface area (TPSA) is 90.5 Å². The lowest BCUT2D eigenvalue weighted by Crippen LogP contribution is -2.10. The van der Waals surface area contributed by atoms with Gasteiger partial charge in [0.2, 0.25) is 0 Å². The lowest BCUT2D eigenvalue weighted by Gasteiger charge is -2.05. The summed E-state index contributed by atoms with van der Waals surface area (Å²) in [4.78, 5) is 14.2. The van der Waals surface area contributed by atoms with Crippen LogP contribution in [0.2, 0.25) is 0 Å². The summed E-state index contributed by atoms with van der Waals surface area (Å²) in [5, 5.41) is 19.8. The number of nitrogens with zero attached hydrogens (tertiary/aromatic N) is 6. The fourth-order valence-corrected chi connectivity index (χ4v) is 3.74. The van der Waals surface area contributed by atoms with Crippen molar-refractivity contribution in [3.05, 3.63) is 40.9 Å². The molecule has 0 saturated carbocycles. The van der Waals surface area contributed by atoms with Gasteiger partial charge in [0.05, 0.1) is 10.6 Å². The first-order chi connectivity index (χ1) is 12.0. The summed E-state index contributed by atoms with van der Waals surface area (Å²) in [5.74, 6) is 0.494. The van der Waals surface area contributed by atoms with E-state index in [1.807, 2.05) is 44.3 Å². The van der Waals surface area contributed by atoms with Gasteiger partial charge in [-0.15, -0.1) is 16.4 Å². The molecule has 0 unspecified atom stereocenters. The molecule has 0 atom stereocenters. The smallest absolute Gasteiger partial charge is 0.265 e. The van der Waals surface area contributed by atoms with Crippen LogP contribution in [0.15, 0.2) is 30.3 Å². The second kappa shape index (κ2) is 5.78. The molecule has 0 spiro atoms. The zero-order valence-electron chi connectivity index (χ0n) is 13.9. The van der Waals surface area contributed by atoms with Crippen molar-refractivity contribution in [2.24, 2.45) is 14.1 Å². The predicted molar refractivity (Wildman–Crippen MR) is 95.5 cm³/mol. The van der Waals surface area contributed by atoms with Crippen LogP contribution in [0.25, 0.3) is 21.6 Å². The van der Waals surface area contributed by atoms with Gasteiger partial charge in [0.15, 0.2) is 5.82 Å². The number of benzene rings is 1. The Morgan fingerprint density at radius 3 is 2.76 bits per heavy atom. The Bertz CT molecular complexity index is 1060. The van der Waals surface area contributed by atoms with E-state index in [2.05, 4.69) is 25.9 Å². The van der Waals surface area contributed by atoms with Gasteiger partial charge in [-0.1, -0.05) is 12.1 Å². The predicted octanol–water partition coefficient (Wildman–Crippen LogP) is 2.39. The molecule has 0 radical (unpaired) electrons. The van der Waals surface area contributed by atoms with Crippen LogP contribution in [0.3, 0.4) is 0 Å². The molecule has 0 bridgehead atoms. The molecule has 4 aromatic rings. The van der Waals surface area contributed by atoms with Crippen LogP contribution in [-0.4, -0.2) is 35.9 Å². The number of hydrogen-bond donors (Lipinski definition) is 1. The highest BCUT2D eigenvalue weighted by Crippen LogP contribution is 2.28. The number of carbonyl (C=O) groups is 1. The number of tetrazole rings is 1. The zero-order valence-corrected chi connectivity index (χ0v) is 14.7. The Hall–Kier alpha value is -3.07. The number of hydrogen-bond acceptors (Lipinski definition) is 6. The molecule has 126 valence electrons. The zero-order chi connectivity index (χ0) is 17.6. The first kappa shape index (κ1) is 15.5. The Morgan fingerprint density at radius 2 is 2.04 bits per heavy atom. The molecule has 0 fully saturated rings. The van der Waals surface area contributed by atoms with Gasteiger partial charge in [-0.05, 0) is 35.5 Å². The van der Waals surface area contributed by atoms with Crippen molar-refractivity contribution in [2.75, 3.05) is 5.32 Å². The highest BCUT2D eigenvalue weighted by Gasteiger charge is 2.15. The second-order valence-corrected chi connectivity index (χ2v) is 6.73. The Morgan fingerprint density at radius 1 is 1.20 bits per heavy atom. The van der Waals surface area contributed by atoms with Crippen LogP contribution in [0.1, 0.15) is 15.4 Å². The highest BCUT2D eigenvalue weighted by atomic mass is 32.1. The number of aryl methyl sites for hydroxylation is 3. The molecule has 1 N–H and O–H groups in total. The fraction of sp³-hybridized carbons (Fsp3) is 0.188. The number of anilines is 1. The first-order valence-electron chi connectivity index (χ1n) is 7.60. The van der Waals surface area contributed by atoms with Crippen LogP contribution >= 0.6 is 11.3 Å². The monoisotopic (exact) mass is 353 g/mol. The van der Waals surface area contributed by atoms with E-state index < -0.39 is 0 Å². The molecular formula is C16H15N7OS. The third kappa shape index (κ3) is 2.68. The molecule has 0 aliphatic carbocycles. The van der Waals surface area contributed by atoms with Crippen LogP contribution < -0.4 is 5.32 Å². The highest BCUT2D eigenvalue weighted by molar-refractivity contribution is 7.20. The third-order valence-electron chi connectivity index (χ3n) is 3.92. The van der Waals surface area contributed by atoms with Gasteiger partial charge in [0.1, 0.15) is 4.83 Å². The Kier molecular flexibility index (Phi) is 3.57. The molecule has 1 aromatic carbocycles. The largest absolute Gasteiger partial charge is 0.321 e. The van der Waals surface area contributed by atoms with E-state index in [0.717, 1.165) is 21.5 Å². The van der Waals surface area contributed by atoms with Crippen LogP contribution in [0.5, 0.6) is 0 Å². The van der Waals surface area contributed by atoms with E-state index in [1.54, 1.807) is 16.4 Å². The second-order valence-electron chi connectivity index (χ2n) is 5.70. The minimum atomic E-state index is -0.145. The van der Waals surface area contributed by atoms with Crippen LogP contribution in [0.4, 0.5) is 5.69 Å². The van der Waals surface area contributed by atoms with Gasteiger partial charge in [0, 0.05) is 30.7 Å². The van der Waals surface area contributed by atoms with Gasteiger partial charge < -0.3 is 5.32 Å². The molecule has 4 rings (SSSR count). The summed E-state index contributed by atoms with van der Waals surface area (Å²) < 4.78 is 3.39. The van der Waals surface area contributed by atoms with Gasteiger partial charge in [-0.25, -0.2) is 4.68 Å². The summed E-state index contributed by atoms with van der Waals surface area (Å²) in [6, 6.07) is 9.33. The molecule has 25 heavy (non-hydrogen) atoms. The lowest BCUT2D eigenvalue weighted by atomic mass is 10.2. The summed E-state index contributed by atoms with van der Waals surface area (Å²) in [6.07, 6.45) is 0. The standard InChI is InChI=1S/C16H15N7OS/c1-9-12-8-13(25-16(12)23(3)19-9)15(24)17-11-6-4-5-10(7-11)14-18-20-21-22(14)2/h4-8H,1-3H3,(H,17,24). The molecular weight excluding hydrogens is 338 g/mol.